The number of rotatable bonds is 40. The molecule has 13 heteroatoms. The van der Waals surface area contributed by atoms with Crippen molar-refractivity contribution in [2.75, 3.05) is 19.0 Å². The summed E-state index contributed by atoms with van der Waals surface area (Å²) >= 11 is 0. The van der Waals surface area contributed by atoms with E-state index in [1.807, 2.05) is 6.08 Å². The van der Waals surface area contributed by atoms with Crippen molar-refractivity contribution >= 4 is 22.1 Å². The molecule has 0 spiro atoms. The third-order valence-corrected chi connectivity index (χ3v) is 11.8. The van der Waals surface area contributed by atoms with E-state index in [0.29, 0.717) is 12.8 Å². The van der Waals surface area contributed by atoms with Crippen LogP contribution in [0.3, 0.4) is 0 Å². The number of carbonyl (C=O) groups excluding carboxylic acids is 2. The van der Waals surface area contributed by atoms with E-state index < -0.39 is 71.2 Å². The van der Waals surface area contributed by atoms with Gasteiger partial charge in [0.1, 0.15) is 36.8 Å². The van der Waals surface area contributed by atoms with E-state index in [1.54, 1.807) is 0 Å². The maximum Gasteiger partial charge on any atom is 0.306 e. The maximum atomic E-state index is 12.8. The van der Waals surface area contributed by atoms with Gasteiger partial charge in [-0.3, -0.25) is 14.1 Å². The van der Waals surface area contributed by atoms with Gasteiger partial charge in [-0.2, -0.15) is 8.42 Å². The van der Waals surface area contributed by atoms with Crippen molar-refractivity contribution in [1.29, 1.82) is 0 Å². The molecule has 1 heterocycles. The summed E-state index contributed by atoms with van der Waals surface area (Å²) in [5.41, 5.74) is 0. The minimum Gasteiger partial charge on any atom is -0.462 e. The Kier molecular flexibility index (Phi) is 35.2. The first kappa shape index (κ1) is 56.1. The van der Waals surface area contributed by atoms with E-state index >= 15 is 0 Å². The van der Waals surface area contributed by atoms with Crippen molar-refractivity contribution in [1.82, 2.24) is 0 Å². The van der Waals surface area contributed by atoms with Crippen molar-refractivity contribution in [3.8, 4) is 0 Å². The summed E-state index contributed by atoms with van der Waals surface area (Å²) in [6.45, 7) is 3.73. The van der Waals surface area contributed by atoms with E-state index in [9.17, 15) is 37.9 Å². The molecular formula is C47H86O12S. The molecule has 1 fully saturated rings. The molecule has 0 amide bonds. The molecule has 0 aliphatic carbocycles. The topological polar surface area (TPSA) is 186 Å². The van der Waals surface area contributed by atoms with Gasteiger partial charge in [-0.25, -0.2) is 0 Å². The van der Waals surface area contributed by atoms with Gasteiger partial charge >= 0.3 is 11.9 Å². The molecule has 1 aliphatic rings. The van der Waals surface area contributed by atoms with Crippen molar-refractivity contribution < 1.29 is 56.8 Å². The van der Waals surface area contributed by atoms with Crippen LogP contribution in [-0.4, -0.2) is 96.0 Å². The lowest BCUT2D eigenvalue weighted by atomic mass is 10.00. The first-order valence-corrected chi connectivity index (χ1v) is 25.5. The normalized spacial score (nSPS) is 20.3. The van der Waals surface area contributed by atoms with Crippen LogP contribution >= 0.6 is 0 Å². The Balaban J connectivity index is 2.43. The van der Waals surface area contributed by atoms with Crippen LogP contribution in [0.25, 0.3) is 0 Å². The molecule has 1 rings (SSSR count). The average molecular weight is 875 g/mol. The monoisotopic (exact) mass is 875 g/mol. The molecule has 352 valence electrons. The summed E-state index contributed by atoms with van der Waals surface area (Å²) in [6.07, 6.45) is 32.3. The van der Waals surface area contributed by atoms with Gasteiger partial charge in [-0.15, -0.1) is 0 Å². The number of unbranched alkanes of at least 4 members (excludes halogenated alkanes) is 24. The second-order valence-electron chi connectivity index (χ2n) is 16.8. The number of esters is 2. The highest BCUT2D eigenvalue weighted by molar-refractivity contribution is 7.85. The minimum atomic E-state index is -4.60. The largest absolute Gasteiger partial charge is 0.462 e. The highest BCUT2D eigenvalue weighted by Gasteiger charge is 2.46. The van der Waals surface area contributed by atoms with Gasteiger partial charge in [0.25, 0.3) is 10.1 Å². The zero-order valence-electron chi connectivity index (χ0n) is 37.6. The highest BCUT2D eigenvalue weighted by Crippen LogP contribution is 2.24. The van der Waals surface area contributed by atoms with Gasteiger partial charge in [0.15, 0.2) is 12.4 Å². The number of hydrogen-bond donors (Lipinski definition) is 4. The van der Waals surface area contributed by atoms with Crippen molar-refractivity contribution in [2.45, 2.75) is 243 Å². The third-order valence-electron chi connectivity index (χ3n) is 11.0. The average Bonchev–Trinajstić information content (AvgIpc) is 3.21. The van der Waals surface area contributed by atoms with Gasteiger partial charge in [0.05, 0.1) is 6.61 Å². The Bertz CT molecular complexity index is 1210. The first-order valence-electron chi connectivity index (χ1n) is 23.9. The molecule has 1 aliphatic heterocycles. The second-order valence-corrected chi connectivity index (χ2v) is 18.3. The van der Waals surface area contributed by atoms with Gasteiger partial charge < -0.3 is 34.3 Å². The fraction of sp³-hybridized carbons (Fsp3) is 0.872. The number of allylic oxidation sites excluding steroid dienone is 4. The van der Waals surface area contributed by atoms with Crippen LogP contribution < -0.4 is 0 Å². The number of aliphatic hydroxyl groups is 3. The Morgan fingerprint density at radius 1 is 0.550 bits per heavy atom. The molecule has 4 N–H and O–H groups in total. The lowest BCUT2D eigenvalue weighted by Crippen LogP contribution is -2.60. The Hall–Kier alpha value is -1.87. The molecule has 0 aromatic rings. The first-order chi connectivity index (χ1) is 29.0. The van der Waals surface area contributed by atoms with Gasteiger partial charge in [0, 0.05) is 12.8 Å². The van der Waals surface area contributed by atoms with Crippen LogP contribution in [0, 0.1) is 0 Å². The van der Waals surface area contributed by atoms with E-state index in [1.165, 1.54) is 135 Å². The van der Waals surface area contributed by atoms with Crippen LogP contribution in [0.15, 0.2) is 24.3 Å². The quantitative estimate of drug-likeness (QED) is 0.0198. The van der Waals surface area contributed by atoms with Gasteiger partial charge in [-0.1, -0.05) is 167 Å². The molecule has 0 bridgehead atoms. The van der Waals surface area contributed by atoms with Crippen LogP contribution in [0.4, 0.5) is 0 Å². The second kappa shape index (κ2) is 37.7. The molecule has 0 saturated carbocycles. The summed E-state index contributed by atoms with van der Waals surface area (Å²) in [4.78, 5) is 25.4. The van der Waals surface area contributed by atoms with Gasteiger partial charge in [0.2, 0.25) is 0 Å². The van der Waals surface area contributed by atoms with Crippen molar-refractivity contribution in [3.63, 3.8) is 0 Å². The zero-order valence-corrected chi connectivity index (χ0v) is 38.4. The standard InChI is InChI=1S/C47H86O12S/c1-3-5-7-9-11-13-15-17-19-20-22-23-25-27-29-31-33-35-42(48)56-37-40(38-57-47-46(52)45(51)44(50)41(59-47)39-60(53,54)55)58-43(49)36-34-32-30-28-26-24-21-18-16-14-12-10-8-6-4-2/h13,15,30,32,40-41,44-47,50-52H,3-12,14,16-29,31,33-39H2,1-2H3,(H,53,54,55)/b15-13+,32-30+/t40-,41-,44-,45?,46?,47+/m1/s1. The molecule has 60 heavy (non-hydrogen) atoms. The van der Waals surface area contributed by atoms with E-state index in [2.05, 4.69) is 32.1 Å². The highest BCUT2D eigenvalue weighted by atomic mass is 32.2. The Morgan fingerprint density at radius 2 is 0.983 bits per heavy atom. The molecular weight excluding hydrogens is 789 g/mol. The maximum absolute atomic E-state index is 12.8. The van der Waals surface area contributed by atoms with Crippen molar-refractivity contribution in [3.05, 3.63) is 24.3 Å². The van der Waals surface area contributed by atoms with Crippen LogP contribution in [0.1, 0.15) is 206 Å². The molecule has 12 nitrogen and oxygen atoms in total. The number of carbonyl (C=O) groups is 2. The molecule has 2 unspecified atom stereocenters. The fourth-order valence-corrected chi connectivity index (χ4v) is 7.97. The summed E-state index contributed by atoms with van der Waals surface area (Å²) in [5, 5.41) is 30.9. The van der Waals surface area contributed by atoms with E-state index in [4.69, 9.17) is 18.9 Å². The number of hydrogen-bond acceptors (Lipinski definition) is 11. The minimum absolute atomic E-state index is 0.0830. The zero-order chi connectivity index (χ0) is 44.1. The third kappa shape index (κ3) is 31.9. The predicted molar refractivity (Wildman–Crippen MR) is 238 cm³/mol. The summed E-state index contributed by atoms with van der Waals surface area (Å²) in [6, 6.07) is 0. The lowest BCUT2D eigenvalue weighted by molar-refractivity contribution is -0.297. The summed E-state index contributed by atoms with van der Waals surface area (Å²) in [7, 11) is -4.60. The molecule has 0 radical (unpaired) electrons. The van der Waals surface area contributed by atoms with E-state index in [0.717, 1.165) is 32.1 Å². The summed E-state index contributed by atoms with van der Waals surface area (Å²) in [5.74, 6) is -2.04. The lowest BCUT2D eigenvalue weighted by Gasteiger charge is -2.40. The Labute approximate surface area is 364 Å². The fourth-order valence-electron chi connectivity index (χ4n) is 7.28. The predicted octanol–water partition coefficient (Wildman–Crippen LogP) is 10.0. The number of aliphatic hydroxyl groups excluding tert-OH is 3. The smallest absolute Gasteiger partial charge is 0.306 e. The number of ether oxygens (including phenoxy) is 4. The Morgan fingerprint density at radius 3 is 1.47 bits per heavy atom. The van der Waals surface area contributed by atoms with Crippen molar-refractivity contribution in [2.24, 2.45) is 0 Å². The van der Waals surface area contributed by atoms with Crippen LogP contribution in [-0.2, 0) is 38.7 Å². The molecule has 0 aromatic heterocycles. The van der Waals surface area contributed by atoms with Gasteiger partial charge in [-0.05, 0) is 51.4 Å². The van der Waals surface area contributed by atoms with Crippen LogP contribution in [0.2, 0.25) is 0 Å². The molecule has 6 atom stereocenters. The summed E-state index contributed by atoms with van der Waals surface area (Å²) < 4.78 is 54.1. The van der Waals surface area contributed by atoms with Crippen LogP contribution in [0.5, 0.6) is 0 Å². The van der Waals surface area contributed by atoms with E-state index in [-0.39, 0.29) is 19.4 Å². The molecule has 1 saturated heterocycles. The SMILES string of the molecule is CCCCCC/C=C/CCCCCCCCCCCC(=O)OC[C@H](CO[C@H]1O[C@H](CS(=O)(=O)O)[C@@H](O)C(O)C1O)OC(=O)CC/C=C/CCCCCCCCCCCCC. The molecule has 0 aromatic carbocycles.